The molecule has 9 heteroatoms. The summed E-state index contributed by atoms with van der Waals surface area (Å²) in [5.41, 5.74) is 0.799. The number of benzene rings is 2. The Balaban J connectivity index is 1.87. The number of thioether (sulfide) groups is 1. The summed E-state index contributed by atoms with van der Waals surface area (Å²) < 4.78 is 29.3. The summed E-state index contributed by atoms with van der Waals surface area (Å²) in [5.74, 6) is -0.769. The average Bonchev–Trinajstić information content (AvgIpc) is 3.17. The minimum absolute atomic E-state index is 0.130. The Labute approximate surface area is 189 Å². The highest BCUT2D eigenvalue weighted by Gasteiger charge is 2.26. The topological polar surface area (TPSA) is 74.8 Å². The lowest BCUT2D eigenvalue weighted by Gasteiger charge is -2.25. The van der Waals surface area contributed by atoms with Gasteiger partial charge in [-0.2, -0.15) is 5.26 Å². The van der Waals surface area contributed by atoms with E-state index in [0.717, 1.165) is 0 Å². The number of hydrogen-bond acceptors (Lipinski definition) is 5. The van der Waals surface area contributed by atoms with Crippen LogP contribution in [0.5, 0.6) is 0 Å². The zero-order chi connectivity index (χ0) is 23.1. The Morgan fingerprint density at radius 1 is 1.25 bits per heavy atom. The van der Waals surface area contributed by atoms with Gasteiger partial charge in [0.15, 0.2) is 11.0 Å². The summed E-state index contributed by atoms with van der Waals surface area (Å²) >= 11 is 1.17. The quantitative estimate of drug-likeness (QED) is 0.342. The zero-order valence-electron chi connectivity index (χ0n) is 17.4. The van der Waals surface area contributed by atoms with Crippen molar-refractivity contribution in [3.63, 3.8) is 0 Å². The summed E-state index contributed by atoms with van der Waals surface area (Å²) in [7, 11) is 0. The van der Waals surface area contributed by atoms with Gasteiger partial charge in [-0.15, -0.1) is 16.8 Å². The van der Waals surface area contributed by atoms with Crippen LogP contribution in [0.1, 0.15) is 13.3 Å². The standard InChI is InChI=1S/C23H21F2N5OS/c1-3-14-30-21(19-7-4-5-8-20(19)25)27-28-23(30)32-16(2)22(31)29(15-6-13-26)18-11-9-17(24)10-12-18/h3-5,7-12,16H,1,6,14-15H2,2H3. The highest BCUT2D eigenvalue weighted by Crippen LogP contribution is 2.30. The van der Waals surface area contributed by atoms with E-state index in [9.17, 15) is 13.6 Å². The van der Waals surface area contributed by atoms with Crippen LogP contribution in [0.25, 0.3) is 11.4 Å². The van der Waals surface area contributed by atoms with E-state index in [4.69, 9.17) is 5.26 Å². The number of aromatic nitrogens is 3. The smallest absolute Gasteiger partial charge is 0.240 e. The molecule has 0 saturated heterocycles. The van der Waals surface area contributed by atoms with Crippen molar-refractivity contribution < 1.29 is 13.6 Å². The molecular weight excluding hydrogens is 432 g/mol. The number of carbonyl (C=O) groups is 1. The molecule has 3 rings (SSSR count). The predicted octanol–water partition coefficient (Wildman–Crippen LogP) is 4.84. The molecule has 2 aromatic carbocycles. The molecule has 0 saturated carbocycles. The highest BCUT2D eigenvalue weighted by molar-refractivity contribution is 8.00. The molecule has 1 amide bonds. The van der Waals surface area contributed by atoms with Crippen molar-refractivity contribution >= 4 is 23.4 Å². The Kier molecular flexibility index (Phi) is 7.73. The lowest BCUT2D eigenvalue weighted by molar-refractivity contribution is -0.117. The normalized spacial score (nSPS) is 11.6. The minimum Gasteiger partial charge on any atom is -0.310 e. The third kappa shape index (κ3) is 5.21. The molecular formula is C23H21F2N5OS. The Morgan fingerprint density at radius 2 is 1.97 bits per heavy atom. The average molecular weight is 454 g/mol. The summed E-state index contributed by atoms with van der Waals surface area (Å²) in [6.07, 6.45) is 1.77. The molecule has 0 bridgehead atoms. The molecule has 1 atom stereocenters. The zero-order valence-corrected chi connectivity index (χ0v) is 18.2. The number of halogens is 2. The van der Waals surface area contributed by atoms with Crippen molar-refractivity contribution in [3.8, 4) is 17.5 Å². The highest BCUT2D eigenvalue weighted by atomic mass is 32.2. The van der Waals surface area contributed by atoms with Gasteiger partial charge < -0.3 is 4.90 Å². The number of amides is 1. The van der Waals surface area contributed by atoms with Crippen LogP contribution in [0.4, 0.5) is 14.5 Å². The first-order valence-electron chi connectivity index (χ1n) is 9.85. The summed E-state index contributed by atoms with van der Waals surface area (Å²) in [6, 6.07) is 13.8. The molecule has 0 N–H and O–H groups in total. The first kappa shape index (κ1) is 23.2. The van der Waals surface area contributed by atoms with E-state index in [1.165, 1.54) is 47.0 Å². The maximum absolute atomic E-state index is 14.3. The molecule has 1 unspecified atom stereocenters. The van der Waals surface area contributed by atoms with Gasteiger partial charge >= 0.3 is 0 Å². The largest absolute Gasteiger partial charge is 0.310 e. The van der Waals surface area contributed by atoms with Gasteiger partial charge in [0.05, 0.1) is 23.3 Å². The molecule has 0 aliphatic heterocycles. The van der Waals surface area contributed by atoms with Crippen LogP contribution in [0.3, 0.4) is 0 Å². The van der Waals surface area contributed by atoms with Gasteiger partial charge in [-0.3, -0.25) is 9.36 Å². The fraction of sp³-hybridized carbons (Fsp3) is 0.217. The molecule has 0 aliphatic rings. The van der Waals surface area contributed by atoms with Crippen LogP contribution in [0.2, 0.25) is 0 Å². The number of hydrogen-bond donors (Lipinski definition) is 0. The number of allylic oxidation sites excluding steroid dienone is 1. The van der Waals surface area contributed by atoms with E-state index in [0.29, 0.717) is 28.8 Å². The molecule has 0 spiro atoms. The van der Waals surface area contributed by atoms with Crippen LogP contribution >= 0.6 is 11.8 Å². The van der Waals surface area contributed by atoms with Crippen molar-refractivity contribution in [2.24, 2.45) is 0 Å². The third-order valence-electron chi connectivity index (χ3n) is 4.62. The maximum atomic E-state index is 14.3. The van der Waals surface area contributed by atoms with Crippen LogP contribution in [-0.4, -0.2) is 32.5 Å². The summed E-state index contributed by atoms with van der Waals surface area (Å²) in [5, 5.41) is 17.1. The van der Waals surface area contributed by atoms with Crippen molar-refractivity contribution in [1.29, 1.82) is 5.26 Å². The molecule has 164 valence electrons. The fourth-order valence-corrected chi connectivity index (χ4v) is 4.01. The molecule has 1 aromatic heterocycles. The summed E-state index contributed by atoms with van der Waals surface area (Å²) in [6.45, 7) is 5.96. The fourth-order valence-electron chi connectivity index (χ4n) is 3.09. The van der Waals surface area contributed by atoms with Gasteiger partial charge in [0.25, 0.3) is 0 Å². The molecule has 6 nitrogen and oxygen atoms in total. The van der Waals surface area contributed by atoms with Gasteiger partial charge in [-0.05, 0) is 43.3 Å². The van der Waals surface area contributed by atoms with E-state index < -0.39 is 16.9 Å². The van der Waals surface area contributed by atoms with E-state index >= 15 is 0 Å². The van der Waals surface area contributed by atoms with Gasteiger partial charge in [-0.1, -0.05) is 30.0 Å². The first-order chi connectivity index (χ1) is 15.5. The van der Waals surface area contributed by atoms with Crippen LogP contribution in [-0.2, 0) is 11.3 Å². The Bertz CT molecular complexity index is 1140. The van der Waals surface area contributed by atoms with Gasteiger partial charge in [0.2, 0.25) is 5.91 Å². The van der Waals surface area contributed by atoms with E-state index in [2.05, 4.69) is 16.8 Å². The SMILES string of the molecule is C=CCn1c(SC(C)C(=O)N(CCC#N)c2ccc(F)cc2)nnc1-c1ccccc1F. The third-order valence-corrected chi connectivity index (χ3v) is 5.69. The van der Waals surface area contributed by atoms with Gasteiger partial charge in [0.1, 0.15) is 11.6 Å². The lowest BCUT2D eigenvalue weighted by Crippen LogP contribution is -2.37. The molecule has 0 fully saturated rings. The molecule has 0 radical (unpaired) electrons. The van der Waals surface area contributed by atoms with Crippen molar-refractivity contribution in [1.82, 2.24) is 14.8 Å². The van der Waals surface area contributed by atoms with Gasteiger partial charge in [0, 0.05) is 18.8 Å². The van der Waals surface area contributed by atoms with E-state index in [-0.39, 0.29) is 18.9 Å². The van der Waals surface area contributed by atoms with E-state index in [1.807, 2.05) is 6.07 Å². The summed E-state index contributed by atoms with van der Waals surface area (Å²) in [4.78, 5) is 14.7. The number of rotatable bonds is 9. The molecule has 0 aliphatic carbocycles. The second-order valence-corrected chi connectivity index (χ2v) is 8.13. The van der Waals surface area contributed by atoms with Crippen LogP contribution in [0.15, 0.2) is 66.3 Å². The lowest BCUT2D eigenvalue weighted by atomic mass is 10.2. The second-order valence-electron chi connectivity index (χ2n) is 6.82. The van der Waals surface area contributed by atoms with Gasteiger partial charge in [-0.25, -0.2) is 8.78 Å². The number of nitrogens with zero attached hydrogens (tertiary/aromatic N) is 5. The molecule has 1 heterocycles. The second kappa shape index (κ2) is 10.7. The number of nitriles is 1. The van der Waals surface area contributed by atoms with E-state index in [1.54, 1.807) is 35.8 Å². The minimum atomic E-state index is -0.597. The first-order valence-corrected chi connectivity index (χ1v) is 10.7. The number of carbonyl (C=O) groups excluding carboxylic acids is 1. The van der Waals surface area contributed by atoms with Crippen molar-refractivity contribution in [3.05, 3.63) is 72.8 Å². The van der Waals surface area contributed by atoms with Crippen molar-refractivity contribution in [2.45, 2.75) is 30.3 Å². The maximum Gasteiger partial charge on any atom is 0.240 e. The Hall–Kier alpha value is -3.51. The molecule has 3 aromatic rings. The Morgan fingerprint density at radius 3 is 2.62 bits per heavy atom. The number of anilines is 1. The van der Waals surface area contributed by atoms with Crippen molar-refractivity contribution in [2.75, 3.05) is 11.4 Å². The van der Waals surface area contributed by atoms with Crippen LogP contribution in [0, 0.1) is 23.0 Å². The predicted molar refractivity (Wildman–Crippen MR) is 120 cm³/mol. The van der Waals surface area contributed by atoms with Crippen LogP contribution < -0.4 is 4.90 Å². The molecule has 32 heavy (non-hydrogen) atoms. The monoisotopic (exact) mass is 453 g/mol.